The van der Waals surface area contributed by atoms with Gasteiger partial charge in [-0.2, -0.15) is 0 Å². The lowest BCUT2D eigenvalue weighted by Crippen LogP contribution is -2.37. The third-order valence-corrected chi connectivity index (χ3v) is 3.79. The highest BCUT2D eigenvalue weighted by Gasteiger charge is 2.25. The van der Waals surface area contributed by atoms with Crippen LogP contribution in [0.4, 0.5) is 0 Å². The fourth-order valence-electron chi connectivity index (χ4n) is 2.62. The quantitative estimate of drug-likeness (QED) is 0.909. The monoisotopic (exact) mass is 267 g/mol. The molecule has 0 saturated heterocycles. The minimum absolute atomic E-state index is 0.00252. The summed E-state index contributed by atoms with van der Waals surface area (Å²) in [6.45, 7) is 3.32. The molecule has 3 rings (SSSR count). The van der Waals surface area contributed by atoms with Crippen molar-refractivity contribution in [2.24, 2.45) is 0 Å². The molecule has 0 unspecified atom stereocenters. The number of phenolic OH excluding ortho intramolecular Hbond substituents is 1. The van der Waals surface area contributed by atoms with Crippen molar-refractivity contribution in [1.29, 1.82) is 0 Å². The minimum atomic E-state index is 0.00252. The number of hydrogen-bond acceptors (Lipinski definition) is 2. The number of carbonyl (C=O) groups excluding carboxylic acids is 1. The third kappa shape index (κ3) is 2.27. The van der Waals surface area contributed by atoms with Crippen LogP contribution in [-0.4, -0.2) is 22.5 Å². The summed E-state index contributed by atoms with van der Waals surface area (Å²) in [5.74, 6) is 0.230. The van der Waals surface area contributed by atoms with Crippen molar-refractivity contribution in [2.75, 3.05) is 6.54 Å². The van der Waals surface area contributed by atoms with Gasteiger partial charge in [-0.1, -0.05) is 35.9 Å². The molecule has 2 aromatic carbocycles. The number of aryl methyl sites for hydroxylation is 1. The Balaban J connectivity index is 1.84. The lowest BCUT2D eigenvalue weighted by molar-refractivity contribution is 0.0725. The molecule has 1 heterocycles. The molecule has 0 aromatic heterocycles. The van der Waals surface area contributed by atoms with Crippen molar-refractivity contribution in [3.05, 3.63) is 64.7 Å². The molecule has 0 bridgehead atoms. The Morgan fingerprint density at radius 1 is 1.15 bits per heavy atom. The average molecular weight is 267 g/mol. The predicted molar refractivity (Wildman–Crippen MR) is 77.7 cm³/mol. The number of benzene rings is 2. The molecule has 0 fully saturated rings. The summed E-state index contributed by atoms with van der Waals surface area (Å²) < 4.78 is 0. The molecule has 102 valence electrons. The molecule has 3 heteroatoms. The number of hydrogen-bond donors (Lipinski definition) is 1. The van der Waals surface area contributed by atoms with Crippen LogP contribution in [-0.2, 0) is 13.0 Å². The SMILES string of the molecule is Cc1ccc(CN2CCc3c(O)cccc3C2=O)cc1. The predicted octanol–water partition coefficient (Wildman–Crippen LogP) is 2.90. The molecular weight excluding hydrogens is 250 g/mol. The molecule has 20 heavy (non-hydrogen) atoms. The van der Waals surface area contributed by atoms with E-state index in [1.54, 1.807) is 18.2 Å². The van der Waals surface area contributed by atoms with E-state index >= 15 is 0 Å². The summed E-state index contributed by atoms with van der Waals surface area (Å²) in [5, 5.41) is 9.81. The van der Waals surface area contributed by atoms with Crippen molar-refractivity contribution >= 4 is 5.91 Å². The van der Waals surface area contributed by atoms with Crippen LogP contribution in [0.5, 0.6) is 5.75 Å². The Kier molecular flexibility index (Phi) is 3.18. The number of carbonyl (C=O) groups is 1. The smallest absolute Gasteiger partial charge is 0.254 e. The van der Waals surface area contributed by atoms with Gasteiger partial charge in [-0.3, -0.25) is 4.79 Å². The van der Waals surface area contributed by atoms with E-state index in [0.717, 1.165) is 11.1 Å². The zero-order chi connectivity index (χ0) is 14.1. The summed E-state index contributed by atoms with van der Waals surface area (Å²) >= 11 is 0. The number of fused-ring (bicyclic) bond motifs is 1. The van der Waals surface area contributed by atoms with Gasteiger partial charge in [0.1, 0.15) is 5.75 Å². The van der Waals surface area contributed by atoms with Gasteiger partial charge in [-0.25, -0.2) is 0 Å². The first-order valence-corrected chi connectivity index (χ1v) is 6.81. The molecule has 1 aliphatic heterocycles. The zero-order valence-electron chi connectivity index (χ0n) is 11.5. The van der Waals surface area contributed by atoms with Crippen LogP contribution in [0.3, 0.4) is 0 Å². The molecule has 0 atom stereocenters. The second-order valence-electron chi connectivity index (χ2n) is 5.27. The highest BCUT2D eigenvalue weighted by Crippen LogP contribution is 2.27. The van der Waals surface area contributed by atoms with Gasteiger partial charge in [0.25, 0.3) is 5.91 Å². The van der Waals surface area contributed by atoms with E-state index in [9.17, 15) is 9.90 Å². The second-order valence-corrected chi connectivity index (χ2v) is 5.27. The summed E-state index contributed by atoms with van der Waals surface area (Å²) in [6.07, 6.45) is 0.708. The van der Waals surface area contributed by atoms with Gasteiger partial charge in [0.15, 0.2) is 0 Å². The Morgan fingerprint density at radius 2 is 1.90 bits per heavy atom. The maximum atomic E-state index is 12.5. The van der Waals surface area contributed by atoms with Crippen molar-refractivity contribution in [2.45, 2.75) is 19.9 Å². The highest BCUT2D eigenvalue weighted by atomic mass is 16.3. The second kappa shape index (κ2) is 5.00. The van der Waals surface area contributed by atoms with Gasteiger partial charge in [0, 0.05) is 24.2 Å². The molecular formula is C17H17NO2. The van der Waals surface area contributed by atoms with Crippen LogP contribution < -0.4 is 0 Å². The van der Waals surface area contributed by atoms with Crippen LogP contribution in [0.2, 0.25) is 0 Å². The van der Waals surface area contributed by atoms with Crippen LogP contribution >= 0.6 is 0 Å². The van der Waals surface area contributed by atoms with Crippen molar-refractivity contribution in [1.82, 2.24) is 4.90 Å². The van der Waals surface area contributed by atoms with E-state index in [0.29, 0.717) is 25.1 Å². The van der Waals surface area contributed by atoms with E-state index in [2.05, 4.69) is 31.2 Å². The van der Waals surface area contributed by atoms with Crippen molar-refractivity contribution in [3.63, 3.8) is 0 Å². The van der Waals surface area contributed by atoms with Crippen LogP contribution in [0, 0.1) is 6.92 Å². The Labute approximate surface area is 118 Å². The normalized spacial score (nSPS) is 14.2. The van der Waals surface area contributed by atoms with E-state index in [4.69, 9.17) is 0 Å². The number of aromatic hydroxyl groups is 1. The molecule has 0 spiro atoms. The summed E-state index contributed by atoms with van der Waals surface area (Å²) in [4.78, 5) is 14.3. The Bertz CT molecular complexity index is 647. The Hall–Kier alpha value is -2.29. The molecule has 3 nitrogen and oxygen atoms in total. The first-order chi connectivity index (χ1) is 9.65. The maximum absolute atomic E-state index is 12.5. The molecule has 1 aliphatic rings. The summed E-state index contributed by atoms with van der Waals surface area (Å²) in [7, 11) is 0. The largest absolute Gasteiger partial charge is 0.508 e. The first kappa shape index (κ1) is 12.7. The van der Waals surface area contributed by atoms with Crippen LogP contribution in [0.25, 0.3) is 0 Å². The van der Waals surface area contributed by atoms with Gasteiger partial charge in [0.05, 0.1) is 0 Å². The van der Waals surface area contributed by atoms with Crippen molar-refractivity contribution < 1.29 is 9.90 Å². The van der Waals surface area contributed by atoms with Gasteiger partial charge in [0.2, 0.25) is 0 Å². The molecule has 0 radical (unpaired) electrons. The van der Waals surface area contributed by atoms with Crippen LogP contribution in [0.1, 0.15) is 27.0 Å². The van der Waals surface area contributed by atoms with Gasteiger partial charge in [-0.05, 0) is 31.0 Å². The first-order valence-electron chi connectivity index (χ1n) is 6.81. The lowest BCUT2D eigenvalue weighted by atomic mass is 9.97. The van der Waals surface area contributed by atoms with Gasteiger partial charge < -0.3 is 10.0 Å². The number of rotatable bonds is 2. The Morgan fingerprint density at radius 3 is 2.65 bits per heavy atom. The number of nitrogens with zero attached hydrogens (tertiary/aromatic N) is 1. The van der Waals surface area contributed by atoms with Crippen LogP contribution in [0.15, 0.2) is 42.5 Å². The fourth-order valence-corrected chi connectivity index (χ4v) is 2.62. The lowest BCUT2D eigenvalue weighted by Gasteiger charge is -2.29. The van der Waals surface area contributed by atoms with Crippen molar-refractivity contribution in [3.8, 4) is 5.75 Å². The fraction of sp³-hybridized carbons (Fsp3) is 0.235. The van der Waals surface area contributed by atoms with E-state index < -0.39 is 0 Å². The highest BCUT2D eigenvalue weighted by molar-refractivity contribution is 5.97. The zero-order valence-corrected chi connectivity index (χ0v) is 11.5. The summed E-state index contributed by atoms with van der Waals surface area (Å²) in [6, 6.07) is 13.4. The molecule has 1 N–H and O–H groups in total. The molecule has 0 saturated carbocycles. The number of amides is 1. The molecule has 1 amide bonds. The van der Waals surface area contributed by atoms with E-state index in [1.807, 2.05) is 4.90 Å². The van der Waals surface area contributed by atoms with E-state index in [-0.39, 0.29) is 11.7 Å². The standard InChI is InChI=1S/C17H17NO2/c1-12-5-7-13(8-6-12)11-18-10-9-14-15(17(18)20)3-2-4-16(14)19/h2-8,19H,9-11H2,1H3. The summed E-state index contributed by atoms with van der Waals surface area (Å²) in [5.41, 5.74) is 3.75. The topological polar surface area (TPSA) is 40.5 Å². The third-order valence-electron chi connectivity index (χ3n) is 3.79. The average Bonchev–Trinajstić information content (AvgIpc) is 2.45. The van der Waals surface area contributed by atoms with E-state index in [1.165, 1.54) is 5.56 Å². The molecule has 2 aromatic rings. The minimum Gasteiger partial charge on any atom is -0.508 e. The molecule has 0 aliphatic carbocycles. The maximum Gasteiger partial charge on any atom is 0.254 e. The number of phenols is 1. The van der Waals surface area contributed by atoms with Gasteiger partial charge in [-0.15, -0.1) is 0 Å². The van der Waals surface area contributed by atoms with Gasteiger partial charge >= 0.3 is 0 Å².